The van der Waals surface area contributed by atoms with E-state index in [0.29, 0.717) is 24.0 Å². The number of aromatic nitrogens is 2. The number of carbonyl (C=O) groups excluding carboxylic acids is 1. The van der Waals surface area contributed by atoms with E-state index in [4.69, 9.17) is 11.6 Å². The van der Waals surface area contributed by atoms with Crippen molar-refractivity contribution in [2.45, 2.75) is 45.4 Å². The molecule has 2 rings (SSSR count). The van der Waals surface area contributed by atoms with E-state index in [-0.39, 0.29) is 5.91 Å². The number of nitrogens with zero attached hydrogens (tertiary/aromatic N) is 2. The van der Waals surface area contributed by atoms with Crippen molar-refractivity contribution in [3.05, 3.63) is 16.5 Å². The van der Waals surface area contributed by atoms with Crippen LogP contribution in [0.2, 0.25) is 5.15 Å². The Kier molecular flexibility index (Phi) is 5.17. The van der Waals surface area contributed by atoms with Crippen molar-refractivity contribution >= 4 is 23.3 Å². The van der Waals surface area contributed by atoms with Crippen molar-refractivity contribution in [3.63, 3.8) is 0 Å². The topological polar surface area (TPSA) is 66.9 Å². The molecule has 0 aliphatic heterocycles. The minimum atomic E-state index is 0.0552. The zero-order chi connectivity index (χ0) is 14.5. The third-order valence-corrected chi connectivity index (χ3v) is 3.63. The molecule has 0 spiro atoms. The molecular weight excluding hydrogens is 276 g/mol. The van der Waals surface area contributed by atoms with Gasteiger partial charge in [-0.3, -0.25) is 4.79 Å². The van der Waals surface area contributed by atoms with Crippen molar-refractivity contribution in [2.24, 2.45) is 0 Å². The number of hydrogen-bond donors (Lipinski definition) is 2. The van der Waals surface area contributed by atoms with E-state index in [0.717, 1.165) is 43.0 Å². The molecule has 1 saturated carbocycles. The Hall–Kier alpha value is -1.36. The predicted octanol–water partition coefficient (Wildman–Crippen LogP) is 2.64. The van der Waals surface area contributed by atoms with E-state index in [1.807, 2.05) is 13.8 Å². The van der Waals surface area contributed by atoms with E-state index in [2.05, 4.69) is 20.6 Å². The number of amides is 1. The average molecular weight is 297 g/mol. The lowest BCUT2D eigenvalue weighted by molar-refractivity contribution is -0.120. The summed E-state index contributed by atoms with van der Waals surface area (Å²) >= 11 is 6.13. The Balaban J connectivity index is 1.90. The van der Waals surface area contributed by atoms with Crippen molar-refractivity contribution in [3.8, 4) is 0 Å². The van der Waals surface area contributed by atoms with Crippen LogP contribution in [0, 0.1) is 6.92 Å². The summed E-state index contributed by atoms with van der Waals surface area (Å²) in [5.74, 6) is 2.08. The first-order valence-corrected chi connectivity index (χ1v) is 7.54. The van der Waals surface area contributed by atoms with Crippen molar-refractivity contribution in [1.29, 1.82) is 0 Å². The summed E-state index contributed by atoms with van der Waals surface area (Å²) in [6, 6.07) is 0. The van der Waals surface area contributed by atoms with Gasteiger partial charge in [-0.05, 0) is 26.2 Å². The van der Waals surface area contributed by atoms with E-state index in [9.17, 15) is 4.79 Å². The summed E-state index contributed by atoms with van der Waals surface area (Å²) < 4.78 is 0. The Morgan fingerprint density at radius 1 is 1.35 bits per heavy atom. The summed E-state index contributed by atoms with van der Waals surface area (Å²) in [6.07, 6.45) is 3.65. The highest BCUT2D eigenvalue weighted by atomic mass is 35.5. The molecule has 1 aromatic heterocycles. The minimum absolute atomic E-state index is 0.0552. The van der Waals surface area contributed by atoms with E-state index < -0.39 is 0 Å². The normalized spacial score (nSPS) is 14.2. The zero-order valence-corrected chi connectivity index (χ0v) is 12.8. The van der Waals surface area contributed by atoms with Gasteiger partial charge in [-0.15, -0.1) is 0 Å². The molecule has 1 heterocycles. The molecule has 20 heavy (non-hydrogen) atoms. The molecule has 0 radical (unpaired) electrons. The number of carbonyl (C=O) groups is 1. The van der Waals surface area contributed by atoms with Gasteiger partial charge in [0.25, 0.3) is 0 Å². The molecule has 5 nitrogen and oxygen atoms in total. The third-order valence-electron chi connectivity index (χ3n) is 3.26. The lowest BCUT2D eigenvalue weighted by atomic mass is 10.3. The highest BCUT2D eigenvalue weighted by Crippen LogP contribution is 2.39. The van der Waals surface area contributed by atoms with Gasteiger partial charge in [-0.25, -0.2) is 9.97 Å². The molecule has 0 atom stereocenters. The number of hydrogen-bond acceptors (Lipinski definition) is 4. The van der Waals surface area contributed by atoms with Crippen LogP contribution >= 0.6 is 11.6 Å². The maximum absolute atomic E-state index is 11.5. The fraction of sp³-hybridized carbons (Fsp3) is 0.643. The first kappa shape index (κ1) is 15.0. The summed E-state index contributed by atoms with van der Waals surface area (Å²) in [5, 5.41) is 6.53. The average Bonchev–Trinajstić information content (AvgIpc) is 3.25. The Labute approximate surface area is 124 Å². The lowest BCUT2D eigenvalue weighted by Gasteiger charge is -2.11. The standard InChI is InChI=1S/C14H21ClN4O/c1-3-7-16-11(20)6-8-17-13-9(2)12(15)18-14(19-13)10-4-5-10/h10H,3-8H2,1-2H3,(H,16,20)(H,17,18,19). The minimum Gasteiger partial charge on any atom is -0.369 e. The summed E-state index contributed by atoms with van der Waals surface area (Å²) in [6.45, 7) is 5.19. The predicted molar refractivity (Wildman–Crippen MR) is 80.2 cm³/mol. The second kappa shape index (κ2) is 6.88. The van der Waals surface area contributed by atoms with Crippen molar-refractivity contribution in [1.82, 2.24) is 15.3 Å². The summed E-state index contributed by atoms with van der Waals surface area (Å²) in [4.78, 5) is 20.3. The van der Waals surface area contributed by atoms with Crippen LogP contribution in [-0.4, -0.2) is 29.0 Å². The van der Waals surface area contributed by atoms with E-state index in [1.54, 1.807) is 0 Å². The number of rotatable bonds is 7. The van der Waals surface area contributed by atoms with Gasteiger partial charge in [0.15, 0.2) is 0 Å². The SMILES string of the molecule is CCCNC(=O)CCNc1nc(C2CC2)nc(Cl)c1C. The third kappa shape index (κ3) is 4.07. The summed E-state index contributed by atoms with van der Waals surface area (Å²) in [7, 11) is 0. The molecule has 0 saturated heterocycles. The molecule has 6 heteroatoms. The lowest BCUT2D eigenvalue weighted by Crippen LogP contribution is -2.26. The monoisotopic (exact) mass is 296 g/mol. The van der Waals surface area contributed by atoms with Crippen molar-refractivity contribution in [2.75, 3.05) is 18.4 Å². The van der Waals surface area contributed by atoms with Crippen LogP contribution in [0.5, 0.6) is 0 Å². The van der Waals surface area contributed by atoms with Crippen LogP contribution in [-0.2, 0) is 4.79 Å². The molecule has 0 aromatic carbocycles. The Bertz CT molecular complexity index is 488. The van der Waals surface area contributed by atoms with Crippen LogP contribution in [0.3, 0.4) is 0 Å². The van der Waals surface area contributed by atoms with Gasteiger partial charge in [0, 0.05) is 31.0 Å². The molecule has 0 unspecified atom stereocenters. The molecule has 1 aliphatic rings. The highest BCUT2D eigenvalue weighted by Gasteiger charge is 2.27. The van der Waals surface area contributed by atoms with Crippen LogP contribution in [0.4, 0.5) is 5.82 Å². The second-order valence-corrected chi connectivity index (χ2v) is 5.51. The van der Waals surface area contributed by atoms with Crippen LogP contribution in [0.15, 0.2) is 0 Å². The maximum Gasteiger partial charge on any atom is 0.221 e. The van der Waals surface area contributed by atoms with Gasteiger partial charge >= 0.3 is 0 Å². The molecule has 0 bridgehead atoms. The number of halogens is 1. The molecule has 1 fully saturated rings. The molecule has 1 amide bonds. The van der Waals surface area contributed by atoms with Crippen LogP contribution < -0.4 is 10.6 Å². The van der Waals surface area contributed by atoms with Gasteiger partial charge in [0.05, 0.1) is 0 Å². The maximum atomic E-state index is 11.5. The smallest absolute Gasteiger partial charge is 0.221 e. The fourth-order valence-corrected chi connectivity index (χ4v) is 2.03. The highest BCUT2D eigenvalue weighted by molar-refractivity contribution is 6.30. The Morgan fingerprint density at radius 3 is 2.75 bits per heavy atom. The van der Waals surface area contributed by atoms with Gasteiger partial charge in [0.2, 0.25) is 5.91 Å². The molecule has 2 N–H and O–H groups in total. The second-order valence-electron chi connectivity index (χ2n) is 5.15. The van der Waals surface area contributed by atoms with Gasteiger partial charge in [-0.1, -0.05) is 18.5 Å². The largest absolute Gasteiger partial charge is 0.369 e. The van der Waals surface area contributed by atoms with Crippen LogP contribution in [0.1, 0.15) is 49.9 Å². The molecule has 1 aliphatic carbocycles. The zero-order valence-electron chi connectivity index (χ0n) is 12.0. The van der Waals surface area contributed by atoms with E-state index >= 15 is 0 Å². The number of anilines is 1. The Morgan fingerprint density at radius 2 is 2.10 bits per heavy atom. The molecule has 110 valence electrons. The van der Waals surface area contributed by atoms with Gasteiger partial charge in [-0.2, -0.15) is 0 Å². The quantitative estimate of drug-likeness (QED) is 0.759. The van der Waals surface area contributed by atoms with Crippen LogP contribution in [0.25, 0.3) is 0 Å². The molecule has 1 aromatic rings. The van der Waals surface area contributed by atoms with Gasteiger partial charge < -0.3 is 10.6 Å². The van der Waals surface area contributed by atoms with E-state index in [1.165, 1.54) is 0 Å². The first-order valence-electron chi connectivity index (χ1n) is 7.16. The summed E-state index contributed by atoms with van der Waals surface area (Å²) in [5.41, 5.74) is 0.838. The first-order chi connectivity index (χ1) is 9.61. The number of nitrogens with one attached hydrogen (secondary N) is 2. The van der Waals surface area contributed by atoms with Crippen molar-refractivity contribution < 1.29 is 4.79 Å². The van der Waals surface area contributed by atoms with Gasteiger partial charge in [0.1, 0.15) is 16.8 Å². The molecular formula is C14H21ClN4O. The fourth-order valence-electron chi connectivity index (χ4n) is 1.85.